The van der Waals surface area contributed by atoms with E-state index >= 15 is 0 Å². The van der Waals surface area contributed by atoms with Crippen LogP contribution in [0.2, 0.25) is 0 Å². The topological polar surface area (TPSA) is 67.0 Å². The predicted molar refractivity (Wildman–Crippen MR) is 94.0 cm³/mol. The Morgan fingerprint density at radius 3 is 2.71 bits per heavy atom. The van der Waals surface area contributed by atoms with Gasteiger partial charge in [-0.2, -0.15) is 5.10 Å². The maximum Gasteiger partial charge on any atom is 0.255 e. The number of rotatable bonds is 4. The van der Waals surface area contributed by atoms with Crippen molar-refractivity contribution < 1.29 is 9.53 Å². The van der Waals surface area contributed by atoms with Crippen molar-refractivity contribution in [3.05, 3.63) is 36.0 Å². The van der Waals surface area contributed by atoms with E-state index in [1.165, 1.54) is 12.8 Å². The molecule has 0 saturated heterocycles. The van der Waals surface area contributed by atoms with Crippen LogP contribution in [0.15, 0.2) is 30.5 Å². The molecule has 1 aromatic carbocycles. The molecule has 0 bridgehead atoms. The molecule has 3 atom stereocenters. The van der Waals surface area contributed by atoms with Crippen molar-refractivity contribution in [2.24, 2.45) is 11.8 Å². The predicted octanol–water partition coefficient (Wildman–Crippen LogP) is 3.64. The summed E-state index contributed by atoms with van der Waals surface area (Å²) in [6, 6.07) is 7.84. The molecule has 2 aromatic rings. The second kappa shape index (κ2) is 7.07. The highest BCUT2D eigenvalue weighted by Crippen LogP contribution is 2.30. The average Bonchev–Trinajstić information content (AvgIpc) is 3.09. The Morgan fingerprint density at radius 1 is 1.25 bits per heavy atom. The summed E-state index contributed by atoms with van der Waals surface area (Å²) < 4.78 is 5.18. The smallest absolute Gasteiger partial charge is 0.255 e. The number of nitrogens with one attached hydrogen (secondary N) is 2. The SMILES string of the molecule is COc1ccc(-c2[nH]ncc2C(=O)NC2CCCC(C)C2C)cc1. The lowest BCUT2D eigenvalue weighted by atomic mass is 9.78. The Kier molecular flexibility index (Phi) is 4.88. The number of amides is 1. The number of aromatic amines is 1. The van der Waals surface area contributed by atoms with Gasteiger partial charge in [0.1, 0.15) is 5.75 Å². The summed E-state index contributed by atoms with van der Waals surface area (Å²) in [5, 5.41) is 10.2. The van der Waals surface area contributed by atoms with Crippen LogP contribution in [0.1, 0.15) is 43.5 Å². The summed E-state index contributed by atoms with van der Waals surface area (Å²) in [5.41, 5.74) is 2.25. The fourth-order valence-electron chi connectivity index (χ4n) is 3.47. The van der Waals surface area contributed by atoms with Crippen molar-refractivity contribution in [3.63, 3.8) is 0 Å². The minimum absolute atomic E-state index is 0.0551. The highest BCUT2D eigenvalue weighted by atomic mass is 16.5. The molecule has 5 heteroatoms. The van der Waals surface area contributed by atoms with Crippen LogP contribution in [0.3, 0.4) is 0 Å². The van der Waals surface area contributed by atoms with E-state index in [-0.39, 0.29) is 11.9 Å². The molecule has 1 aliphatic rings. The van der Waals surface area contributed by atoms with Crippen molar-refractivity contribution in [1.29, 1.82) is 0 Å². The third-order valence-electron chi connectivity index (χ3n) is 5.29. The van der Waals surface area contributed by atoms with Gasteiger partial charge in [-0.05, 0) is 42.5 Å². The minimum atomic E-state index is -0.0551. The van der Waals surface area contributed by atoms with Gasteiger partial charge in [-0.1, -0.05) is 26.7 Å². The first-order valence-electron chi connectivity index (χ1n) is 8.58. The number of hydrogen-bond donors (Lipinski definition) is 2. The first-order chi connectivity index (χ1) is 11.6. The number of benzene rings is 1. The number of hydrogen-bond acceptors (Lipinski definition) is 3. The van der Waals surface area contributed by atoms with Gasteiger partial charge >= 0.3 is 0 Å². The lowest BCUT2D eigenvalue weighted by Gasteiger charge is -2.34. The summed E-state index contributed by atoms with van der Waals surface area (Å²) in [7, 11) is 1.64. The van der Waals surface area contributed by atoms with Crippen LogP contribution in [-0.4, -0.2) is 29.3 Å². The van der Waals surface area contributed by atoms with Crippen molar-refractivity contribution in [2.45, 2.75) is 39.2 Å². The number of methoxy groups -OCH3 is 1. The number of carbonyl (C=O) groups is 1. The van der Waals surface area contributed by atoms with Crippen LogP contribution in [0.25, 0.3) is 11.3 Å². The first kappa shape index (κ1) is 16.6. The van der Waals surface area contributed by atoms with Gasteiger partial charge < -0.3 is 10.1 Å². The summed E-state index contributed by atoms with van der Waals surface area (Å²) >= 11 is 0. The molecule has 3 rings (SSSR count). The number of aromatic nitrogens is 2. The van der Waals surface area contributed by atoms with Gasteiger partial charge in [0.2, 0.25) is 0 Å². The van der Waals surface area contributed by atoms with E-state index in [9.17, 15) is 4.79 Å². The van der Waals surface area contributed by atoms with Crippen LogP contribution in [-0.2, 0) is 0 Å². The largest absolute Gasteiger partial charge is 0.497 e. The third-order valence-corrected chi connectivity index (χ3v) is 5.29. The zero-order valence-electron chi connectivity index (χ0n) is 14.5. The van der Waals surface area contributed by atoms with E-state index < -0.39 is 0 Å². The molecule has 1 saturated carbocycles. The molecule has 1 aromatic heterocycles. The lowest BCUT2D eigenvalue weighted by molar-refractivity contribution is 0.0892. The van der Waals surface area contributed by atoms with Gasteiger partial charge in [0.05, 0.1) is 24.6 Å². The van der Waals surface area contributed by atoms with Crippen molar-refractivity contribution in [2.75, 3.05) is 7.11 Å². The molecule has 5 nitrogen and oxygen atoms in total. The van der Waals surface area contributed by atoms with Gasteiger partial charge in [-0.15, -0.1) is 0 Å². The first-order valence-corrected chi connectivity index (χ1v) is 8.58. The fourth-order valence-corrected chi connectivity index (χ4v) is 3.47. The van der Waals surface area contributed by atoms with E-state index in [2.05, 4.69) is 29.4 Å². The molecule has 0 spiro atoms. The highest BCUT2D eigenvalue weighted by molar-refractivity contribution is 5.99. The van der Waals surface area contributed by atoms with E-state index in [0.717, 1.165) is 23.4 Å². The van der Waals surface area contributed by atoms with Crippen molar-refractivity contribution in [1.82, 2.24) is 15.5 Å². The van der Waals surface area contributed by atoms with Gasteiger partial charge in [0.25, 0.3) is 5.91 Å². The standard InChI is InChI=1S/C19H25N3O2/c1-12-5-4-6-17(13(12)2)21-19(23)16-11-20-22-18(16)14-7-9-15(24-3)10-8-14/h7-13,17H,4-6H2,1-3H3,(H,20,22)(H,21,23). The maximum absolute atomic E-state index is 12.7. The second-order valence-corrected chi connectivity index (χ2v) is 6.73. The van der Waals surface area contributed by atoms with Crippen LogP contribution in [0, 0.1) is 11.8 Å². The molecule has 2 N–H and O–H groups in total. The molecule has 0 aliphatic heterocycles. The number of nitrogens with zero attached hydrogens (tertiary/aromatic N) is 1. The molecular formula is C19H25N3O2. The van der Waals surface area contributed by atoms with Crippen molar-refractivity contribution in [3.8, 4) is 17.0 Å². The molecule has 1 heterocycles. The van der Waals surface area contributed by atoms with Gasteiger partial charge in [0.15, 0.2) is 0 Å². The Bertz CT molecular complexity index is 693. The zero-order valence-corrected chi connectivity index (χ0v) is 14.5. The second-order valence-electron chi connectivity index (χ2n) is 6.73. The molecule has 24 heavy (non-hydrogen) atoms. The lowest BCUT2D eigenvalue weighted by Crippen LogP contribution is -2.43. The molecule has 3 unspecified atom stereocenters. The monoisotopic (exact) mass is 327 g/mol. The summed E-state index contributed by atoms with van der Waals surface area (Å²) in [4.78, 5) is 12.7. The normalized spacial score (nSPS) is 23.7. The molecule has 1 aliphatic carbocycles. The molecular weight excluding hydrogens is 302 g/mol. The van der Waals surface area contributed by atoms with Crippen LogP contribution < -0.4 is 10.1 Å². The zero-order chi connectivity index (χ0) is 17.1. The Hall–Kier alpha value is -2.30. The van der Waals surface area contributed by atoms with Gasteiger partial charge in [-0.3, -0.25) is 9.89 Å². The van der Waals surface area contributed by atoms with Crippen molar-refractivity contribution >= 4 is 5.91 Å². The summed E-state index contributed by atoms with van der Waals surface area (Å²) in [5.74, 6) is 1.88. The van der Waals surface area contributed by atoms with E-state index in [4.69, 9.17) is 4.74 Å². The summed E-state index contributed by atoms with van der Waals surface area (Å²) in [6.45, 7) is 4.50. The summed E-state index contributed by atoms with van der Waals surface area (Å²) in [6.07, 6.45) is 5.07. The fraction of sp³-hybridized carbons (Fsp3) is 0.474. The highest BCUT2D eigenvalue weighted by Gasteiger charge is 2.29. The van der Waals surface area contributed by atoms with E-state index in [0.29, 0.717) is 17.4 Å². The Balaban J connectivity index is 1.77. The molecule has 1 fully saturated rings. The van der Waals surface area contributed by atoms with Crippen LogP contribution >= 0.6 is 0 Å². The van der Waals surface area contributed by atoms with Crippen LogP contribution in [0.4, 0.5) is 0 Å². The van der Waals surface area contributed by atoms with Gasteiger partial charge in [-0.25, -0.2) is 0 Å². The Labute approximate surface area is 142 Å². The number of carbonyl (C=O) groups excluding carboxylic acids is 1. The molecule has 0 radical (unpaired) electrons. The number of H-pyrrole nitrogens is 1. The average molecular weight is 327 g/mol. The maximum atomic E-state index is 12.7. The van der Waals surface area contributed by atoms with Gasteiger partial charge in [0, 0.05) is 11.6 Å². The van der Waals surface area contributed by atoms with E-state index in [1.807, 2.05) is 24.3 Å². The third kappa shape index (κ3) is 3.30. The molecule has 1 amide bonds. The van der Waals surface area contributed by atoms with E-state index in [1.54, 1.807) is 13.3 Å². The Morgan fingerprint density at radius 2 is 2.00 bits per heavy atom. The number of ether oxygens (including phenoxy) is 1. The molecule has 128 valence electrons. The minimum Gasteiger partial charge on any atom is -0.497 e. The quantitative estimate of drug-likeness (QED) is 0.901. The van der Waals surface area contributed by atoms with Crippen LogP contribution in [0.5, 0.6) is 5.75 Å².